The molecule has 1 aromatic rings. The maximum absolute atomic E-state index is 14.4. The number of morpholine rings is 1. The number of hydrogen-bond donors (Lipinski definition) is 2. The van der Waals surface area contributed by atoms with Crippen LogP contribution >= 0.6 is 0 Å². The molecule has 1 atom stereocenters. The highest BCUT2D eigenvalue weighted by atomic mass is 19.2. The molecule has 3 rings (SSSR count). The number of rotatable bonds is 8. The highest BCUT2D eigenvalue weighted by Crippen LogP contribution is 2.28. The summed E-state index contributed by atoms with van der Waals surface area (Å²) in [6, 6.07) is 2.87. The van der Waals surface area contributed by atoms with Crippen LogP contribution in [0, 0.1) is 11.6 Å². The summed E-state index contributed by atoms with van der Waals surface area (Å²) in [6.07, 6.45) is 1.23. The first kappa shape index (κ1) is 20.9. The highest BCUT2D eigenvalue weighted by Gasteiger charge is 2.43. The van der Waals surface area contributed by atoms with E-state index in [-0.39, 0.29) is 24.5 Å². The predicted molar refractivity (Wildman–Crippen MR) is 97.9 cm³/mol. The van der Waals surface area contributed by atoms with E-state index in [9.17, 15) is 18.7 Å². The summed E-state index contributed by atoms with van der Waals surface area (Å²) in [6.45, 7) is 5.99. The van der Waals surface area contributed by atoms with Crippen molar-refractivity contribution < 1.29 is 28.2 Å². The Hall–Kier alpha value is -1.81. The molecule has 2 aliphatic heterocycles. The maximum atomic E-state index is 14.4. The number of hydrogen-bond acceptors (Lipinski definition) is 6. The lowest BCUT2D eigenvalue weighted by Gasteiger charge is -2.31. The molecule has 156 valence electrons. The minimum atomic E-state index is -1.04. The fourth-order valence-electron chi connectivity index (χ4n) is 3.55. The van der Waals surface area contributed by atoms with Gasteiger partial charge in [0.25, 0.3) is 0 Å². The number of ether oxygens (including phenoxy) is 2. The molecular weight excluding hydrogens is 372 g/mol. The van der Waals surface area contributed by atoms with Crippen LogP contribution in [-0.4, -0.2) is 72.5 Å². The van der Waals surface area contributed by atoms with Crippen LogP contribution in [0.2, 0.25) is 0 Å². The van der Waals surface area contributed by atoms with Crippen LogP contribution < -0.4 is 10.2 Å². The van der Waals surface area contributed by atoms with Crippen molar-refractivity contribution in [2.45, 2.75) is 31.8 Å². The first-order valence-corrected chi connectivity index (χ1v) is 9.56. The average Bonchev–Trinajstić information content (AvgIpc) is 3.07. The van der Waals surface area contributed by atoms with Gasteiger partial charge in [0.2, 0.25) is 5.82 Å². The molecule has 0 saturated carbocycles. The van der Waals surface area contributed by atoms with Crippen molar-refractivity contribution >= 4 is 5.97 Å². The van der Waals surface area contributed by atoms with E-state index in [1.54, 1.807) is 11.9 Å². The molecule has 2 heterocycles. The summed E-state index contributed by atoms with van der Waals surface area (Å²) < 4.78 is 39.4. The third-order valence-electron chi connectivity index (χ3n) is 5.46. The smallest absolute Gasteiger partial charge is 0.325 e. The van der Waals surface area contributed by atoms with Crippen LogP contribution in [-0.2, 0) is 16.1 Å². The monoisotopic (exact) mass is 399 g/mol. The molecule has 2 aliphatic rings. The van der Waals surface area contributed by atoms with Gasteiger partial charge in [-0.25, -0.2) is 14.8 Å². The SMILES string of the molecule is CC1(C(=O)O)CCCN1NCc1ccc(OCCN2CCOCC2)c(F)c1F. The molecular formula is C19H27F2N3O4. The van der Waals surface area contributed by atoms with Crippen molar-refractivity contribution in [2.24, 2.45) is 0 Å². The second kappa shape index (κ2) is 9.13. The second-order valence-electron chi connectivity index (χ2n) is 7.32. The summed E-state index contributed by atoms with van der Waals surface area (Å²) in [5.41, 5.74) is 2.01. The Morgan fingerprint density at radius 1 is 1.29 bits per heavy atom. The van der Waals surface area contributed by atoms with Gasteiger partial charge in [-0.05, 0) is 25.8 Å². The molecule has 7 nitrogen and oxygen atoms in total. The third kappa shape index (κ3) is 4.60. The van der Waals surface area contributed by atoms with Crippen LogP contribution in [0.3, 0.4) is 0 Å². The van der Waals surface area contributed by atoms with Gasteiger partial charge < -0.3 is 14.6 Å². The van der Waals surface area contributed by atoms with E-state index < -0.39 is 23.1 Å². The van der Waals surface area contributed by atoms with Crippen molar-refractivity contribution in [3.8, 4) is 5.75 Å². The van der Waals surface area contributed by atoms with E-state index in [4.69, 9.17) is 9.47 Å². The van der Waals surface area contributed by atoms with Gasteiger partial charge in [0.15, 0.2) is 11.6 Å². The van der Waals surface area contributed by atoms with E-state index in [2.05, 4.69) is 10.3 Å². The zero-order valence-corrected chi connectivity index (χ0v) is 16.0. The van der Waals surface area contributed by atoms with Crippen LogP contribution in [0.25, 0.3) is 0 Å². The molecule has 1 unspecified atom stereocenters. The van der Waals surface area contributed by atoms with Gasteiger partial charge in [-0.1, -0.05) is 6.07 Å². The Bertz CT molecular complexity index is 700. The van der Waals surface area contributed by atoms with Gasteiger partial charge in [0.1, 0.15) is 12.1 Å². The molecule has 2 fully saturated rings. The summed E-state index contributed by atoms with van der Waals surface area (Å²) >= 11 is 0. The van der Waals surface area contributed by atoms with Crippen LogP contribution in [0.5, 0.6) is 5.75 Å². The molecule has 0 amide bonds. The number of halogens is 2. The minimum Gasteiger partial charge on any atom is -0.489 e. The Balaban J connectivity index is 1.55. The number of aliphatic carboxylic acids is 1. The fourth-order valence-corrected chi connectivity index (χ4v) is 3.55. The van der Waals surface area contributed by atoms with Crippen molar-refractivity contribution in [3.05, 3.63) is 29.3 Å². The number of hydrazine groups is 1. The maximum Gasteiger partial charge on any atom is 0.325 e. The van der Waals surface area contributed by atoms with Gasteiger partial charge in [-0.3, -0.25) is 9.69 Å². The lowest BCUT2D eigenvalue weighted by Crippen LogP contribution is -2.54. The lowest BCUT2D eigenvalue weighted by atomic mass is 10.0. The number of benzene rings is 1. The van der Waals surface area contributed by atoms with Gasteiger partial charge in [-0.15, -0.1) is 0 Å². The molecule has 2 saturated heterocycles. The van der Waals surface area contributed by atoms with Crippen LogP contribution in [0.1, 0.15) is 25.3 Å². The van der Waals surface area contributed by atoms with Crippen molar-refractivity contribution in [2.75, 3.05) is 46.0 Å². The number of nitrogens with zero attached hydrogens (tertiary/aromatic N) is 2. The Morgan fingerprint density at radius 2 is 2.04 bits per heavy atom. The number of carbonyl (C=O) groups is 1. The van der Waals surface area contributed by atoms with E-state index >= 15 is 0 Å². The van der Waals surface area contributed by atoms with Crippen molar-refractivity contribution in [1.82, 2.24) is 15.3 Å². The molecule has 9 heteroatoms. The topological polar surface area (TPSA) is 74.3 Å². The minimum absolute atomic E-state index is 0.000316. The lowest BCUT2D eigenvalue weighted by molar-refractivity contribution is -0.150. The number of nitrogens with one attached hydrogen (secondary N) is 1. The number of carboxylic acids is 1. The zero-order chi connectivity index (χ0) is 20.1. The van der Waals surface area contributed by atoms with Gasteiger partial charge in [0, 0.05) is 38.3 Å². The average molecular weight is 399 g/mol. The van der Waals surface area contributed by atoms with Crippen molar-refractivity contribution in [1.29, 1.82) is 0 Å². The number of carboxylic acid groups (broad SMARTS) is 1. The van der Waals surface area contributed by atoms with Crippen LogP contribution in [0.4, 0.5) is 8.78 Å². The third-order valence-corrected chi connectivity index (χ3v) is 5.46. The molecule has 0 radical (unpaired) electrons. The van der Waals surface area contributed by atoms with E-state index in [1.165, 1.54) is 12.1 Å². The summed E-state index contributed by atoms with van der Waals surface area (Å²) in [5.74, 6) is -3.06. The fraction of sp³-hybridized carbons (Fsp3) is 0.632. The zero-order valence-electron chi connectivity index (χ0n) is 16.0. The summed E-state index contributed by atoms with van der Waals surface area (Å²) in [4.78, 5) is 13.6. The highest BCUT2D eigenvalue weighted by molar-refractivity contribution is 5.78. The summed E-state index contributed by atoms with van der Waals surface area (Å²) in [5, 5.41) is 11.0. The Kier molecular flexibility index (Phi) is 6.82. The van der Waals surface area contributed by atoms with E-state index in [1.807, 2.05) is 0 Å². The van der Waals surface area contributed by atoms with Gasteiger partial charge in [-0.2, -0.15) is 4.39 Å². The Morgan fingerprint density at radius 3 is 2.75 bits per heavy atom. The van der Waals surface area contributed by atoms with E-state index in [0.717, 1.165) is 19.5 Å². The van der Waals surface area contributed by atoms with Crippen molar-refractivity contribution in [3.63, 3.8) is 0 Å². The molecule has 1 aromatic carbocycles. The molecule has 2 N–H and O–H groups in total. The molecule has 0 bridgehead atoms. The van der Waals surface area contributed by atoms with Gasteiger partial charge >= 0.3 is 5.97 Å². The quantitative estimate of drug-likeness (QED) is 0.688. The van der Waals surface area contributed by atoms with Gasteiger partial charge in [0.05, 0.1) is 13.2 Å². The molecule has 0 aromatic heterocycles. The second-order valence-corrected chi connectivity index (χ2v) is 7.32. The standard InChI is InChI=1S/C19H27F2N3O4/c1-19(18(25)26)5-2-6-24(19)22-13-14-3-4-15(17(21)16(14)20)28-12-9-23-7-10-27-11-8-23/h3-4,22H,2,5-13H2,1H3,(H,25,26). The molecule has 28 heavy (non-hydrogen) atoms. The molecule has 0 spiro atoms. The normalized spacial score (nSPS) is 23.8. The predicted octanol–water partition coefficient (Wildman–Crippen LogP) is 1.62. The van der Waals surface area contributed by atoms with E-state index in [0.29, 0.717) is 32.7 Å². The largest absolute Gasteiger partial charge is 0.489 e. The first-order chi connectivity index (χ1) is 13.4. The van der Waals surface area contributed by atoms with Crippen LogP contribution in [0.15, 0.2) is 12.1 Å². The molecule has 0 aliphatic carbocycles. The summed E-state index contributed by atoms with van der Waals surface area (Å²) in [7, 11) is 0. The Labute approximate surface area is 163 Å². The first-order valence-electron chi connectivity index (χ1n) is 9.56.